The Hall–Kier alpha value is -6.84. The van der Waals surface area contributed by atoms with Crippen molar-refractivity contribution in [2.75, 3.05) is 9.80 Å². The average molecular weight is 755 g/mol. The lowest BCUT2D eigenvalue weighted by atomic mass is 9.72. The maximum absolute atomic E-state index is 9.10. The fraction of sp³-hybridized carbons (Fsp3) is 0.111. The van der Waals surface area contributed by atoms with E-state index in [1.54, 1.807) is 36.4 Å². The summed E-state index contributed by atoms with van der Waals surface area (Å²) >= 11 is 0. The molecular weight excluding hydrogens is 693 g/mol. The van der Waals surface area contributed by atoms with Gasteiger partial charge in [0.2, 0.25) is 0 Å². The van der Waals surface area contributed by atoms with E-state index >= 15 is 0 Å². The molecule has 8 aromatic carbocycles. The Morgan fingerprint density at radius 1 is 0.456 bits per heavy atom. The number of furan rings is 1. The third kappa shape index (κ3) is 4.85. The highest BCUT2D eigenvalue weighted by Crippen LogP contribution is 2.64. The first-order valence-electron chi connectivity index (χ1n) is 28.3. The van der Waals surface area contributed by atoms with Crippen molar-refractivity contribution in [2.24, 2.45) is 0 Å². The van der Waals surface area contributed by atoms with Gasteiger partial charge in [0.05, 0.1) is 27.4 Å². The molecule has 2 aliphatic rings. The molecule has 9 aromatic rings. The molecule has 0 bridgehead atoms. The van der Waals surface area contributed by atoms with E-state index < -0.39 is 154 Å². The van der Waals surface area contributed by atoms with Crippen LogP contribution in [0.15, 0.2) is 186 Å². The summed E-state index contributed by atoms with van der Waals surface area (Å²) in [6.07, 6.45) is 0. The van der Waals surface area contributed by atoms with Crippen LogP contribution in [0, 0.1) is 0 Å². The number of fused-ring (bicyclic) bond motifs is 12. The molecule has 274 valence electrons. The molecule has 0 fully saturated rings. The second-order valence-electron chi connectivity index (χ2n) is 15.1. The number of benzene rings is 8. The zero-order valence-corrected chi connectivity index (χ0v) is 31.1. The van der Waals surface area contributed by atoms with Crippen molar-refractivity contribution in [3.05, 3.63) is 204 Å². The van der Waals surface area contributed by atoms with Crippen LogP contribution in [0.4, 0.5) is 34.1 Å². The second kappa shape index (κ2) is 12.3. The van der Waals surface area contributed by atoms with Crippen molar-refractivity contribution >= 4 is 56.1 Å². The normalized spacial score (nSPS) is 19.2. The number of para-hydroxylation sites is 5. The summed E-state index contributed by atoms with van der Waals surface area (Å²) in [5, 5.41) is 1.51. The lowest BCUT2D eigenvalue weighted by molar-refractivity contribution is 0.600. The molecule has 57 heavy (non-hydrogen) atoms. The number of nitrogens with zero attached hydrogens (tertiary/aromatic N) is 2. The fourth-order valence-corrected chi connectivity index (χ4v) is 8.98. The van der Waals surface area contributed by atoms with E-state index in [0.717, 1.165) is 42.8 Å². The molecule has 1 heterocycles. The summed E-state index contributed by atoms with van der Waals surface area (Å²) in [6.45, 7) is 7.97. The predicted molar refractivity (Wildman–Crippen MR) is 238 cm³/mol. The van der Waals surface area contributed by atoms with E-state index in [2.05, 4.69) is 0 Å². The van der Waals surface area contributed by atoms with Crippen molar-refractivity contribution in [3.63, 3.8) is 0 Å². The number of hydrogen-bond donors (Lipinski definition) is 0. The molecule has 0 unspecified atom stereocenters. The van der Waals surface area contributed by atoms with E-state index in [9.17, 15) is 0 Å². The summed E-state index contributed by atoms with van der Waals surface area (Å²) < 4.78 is 182. The molecule has 0 saturated heterocycles. The molecule has 11 rings (SSSR count). The monoisotopic (exact) mass is 754 g/mol. The topological polar surface area (TPSA) is 19.6 Å². The minimum absolute atomic E-state index is 0.117. The first-order valence-corrected chi connectivity index (χ1v) is 18.3. The van der Waals surface area contributed by atoms with Gasteiger partial charge in [-0.15, -0.1) is 0 Å². The van der Waals surface area contributed by atoms with Crippen LogP contribution in [0.3, 0.4) is 0 Å². The van der Waals surface area contributed by atoms with Crippen LogP contribution in [0.2, 0.25) is 0 Å². The number of rotatable bonds is 6. The molecule has 0 amide bonds. The summed E-state index contributed by atoms with van der Waals surface area (Å²) in [5.41, 5.74) is 3.39. The zero-order valence-electron chi connectivity index (χ0n) is 51.1. The van der Waals surface area contributed by atoms with Crippen molar-refractivity contribution in [2.45, 2.75) is 38.5 Å². The molecule has 0 radical (unpaired) electrons. The Morgan fingerprint density at radius 2 is 0.860 bits per heavy atom. The van der Waals surface area contributed by atoms with Gasteiger partial charge >= 0.3 is 0 Å². The highest BCUT2D eigenvalue weighted by Gasteiger charge is 2.49. The van der Waals surface area contributed by atoms with E-state index in [1.807, 2.05) is 52.0 Å². The molecule has 0 saturated carbocycles. The standard InChI is InChI=1S/C54H42N2O/c1-53(2)44-33-39(55(35-19-9-5-10-20-35)36-21-11-6-12-22-36)29-31-41(44)47-48-43-27-17-18-28-46(43)57-52(48)49-42-32-30-40(34-45(42)54(3,4)51(49)50(47)53)56(37-23-13-7-14-24-37)38-25-15-8-16-26-38/h5-34H,1-4H3/i5D,6D,7D,8D,9D,10D,11D,12D,13D,14D,15D,16D,19D,20D,21D,22D,23D,24D,25D,26D. The Balaban J connectivity index is 1.20. The molecule has 0 N–H and O–H groups in total. The predicted octanol–water partition coefficient (Wildman–Crippen LogP) is 15.1. The fourth-order valence-electron chi connectivity index (χ4n) is 8.98. The van der Waals surface area contributed by atoms with Gasteiger partial charge in [0.1, 0.15) is 11.2 Å². The molecule has 0 atom stereocenters. The van der Waals surface area contributed by atoms with E-state index in [-0.39, 0.29) is 11.4 Å². The molecular formula is C54H42N2O. The van der Waals surface area contributed by atoms with E-state index in [4.69, 9.17) is 31.8 Å². The first kappa shape index (κ1) is 18.9. The average Bonchev–Trinajstić information content (AvgIpc) is 3.85. The maximum atomic E-state index is 9.10. The summed E-state index contributed by atoms with van der Waals surface area (Å²) in [7, 11) is 0. The minimum Gasteiger partial charge on any atom is -0.455 e. The Bertz CT molecular complexity index is 3950. The summed E-state index contributed by atoms with van der Waals surface area (Å²) in [5.74, 6) is 0. The van der Waals surface area contributed by atoms with Gasteiger partial charge in [0, 0.05) is 61.3 Å². The molecule has 0 spiro atoms. The Labute approximate surface area is 362 Å². The summed E-state index contributed by atoms with van der Waals surface area (Å²) in [4.78, 5) is 2.25. The largest absolute Gasteiger partial charge is 0.455 e. The van der Waals surface area contributed by atoms with E-state index in [1.165, 1.54) is 0 Å². The van der Waals surface area contributed by atoms with Gasteiger partial charge in [-0.1, -0.05) is 131 Å². The minimum atomic E-state index is -1.00. The SMILES string of the molecule is [2H]c1c([2H])c([2H])c(N(c2ccc3c(c2)C(C)(C)c2c4c(c5c(oc6ccccc65)c2-3)-c2ccc(N(c3c([2H])c([2H])c([2H])c([2H])c3[2H])c3c([2H])c([2H])c([2H])c([2H])c3[2H])cc2C4(C)C)c2c([2H])c([2H])c([2H])c([2H])c2[2H])c([2H])c1[2H]. The first-order chi connectivity index (χ1) is 36.1. The van der Waals surface area contributed by atoms with Crippen LogP contribution in [-0.4, -0.2) is 0 Å². The molecule has 2 aliphatic carbocycles. The highest BCUT2D eigenvalue weighted by atomic mass is 16.3. The number of hydrogen-bond acceptors (Lipinski definition) is 3. The van der Waals surface area contributed by atoms with Crippen LogP contribution >= 0.6 is 0 Å². The van der Waals surface area contributed by atoms with Crippen molar-refractivity contribution in [1.82, 2.24) is 0 Å². The molecule has 1 aromatic heterocycles. The van der Waals surface area contributed by atoms with Crippen LogP contribution in [0.5, 0.6) is 0 Å². The van der Waals surface area contributed by atoms with Gasteiger partial charge in [0.25, 0.3) is 0 Å². The third-order valence-corrected chi connectivity index (χ3v) is 11.3. The maximum Gasteiger partial charge on any atom is 0.144 e. The van der Waals surface area contributed by atoms with Gasteiger partial charge in [-0.05, 0) is 118 Å². The summed E-state index contributed by atoms with van der Waals surface area (Å²) in [6, 6.07) is 3.99. The third-order valence-electron chi connectivity index (χ3n) is 11.3. The van der Waals surface area contributed by atoms with Crippen molar-refractivity contribution < 1.29 is 31.8 Å². The molecule has 3 nitrogen and oxygen atoms in total. The van der Waals surface area contributed by atoms with Gasteiger partial charge in [-0.2, -0.15) is 0 Å². The Morgan fingerprint density at radius 3 is 1.32 bits per heavy atom. The van der Waals surface area contributed by atoms with Crippen LogP contribution in [0.25, 0.3) is 44.2 Å². The van der Waals surface area contributed by atoms with Crippen LogP contribution < -0.4 is 9.80 Å². The highest BCUT2D eigenvalue weighted by molar-refractivity contribution is 6.21. The van der Waals surface area contributed by atoms with E-state index in [0.29, 0.717) is 33.4 Å². The van der Waals surface area contributed by atoms with Gasteiger partial charge in [0.15, 0.2) is 0 Å². The smallest absolute Gasteiger partial charge is 0.144 e. The molecule has 0 aliphatic heterocycles. The second-order valence-corrected chi connectivity index (χ2v) is 15.1. The lowest BCUT2D eigenvalue weighted by Crippen LogP contribution is -2.24. The van der Waals surface area contributed by atoms with Gasteiger partial charge in [-0.25, -0.2) is 0 Å². The zero-order chi connectivity index (χ0) is 55.9. The van der Waals surface area contributed by atoms with Crippen molar-refractivity contribution in [3.8, 4) is 22.3 Å². The lowest BCUT2D eigenvalue weighted by Gasteiger charge is -2.32. The van der Waals surface area contributed by atoms with Gasteiger partial charge < -0.3 is 14.2 Å². The van der Waals surface area contributed by atoms with Gasteiger partial charge in [-0.3, -0.25) is 0 Å². The Kier molecular flexibility index (Phi) is 4.08. The molecule has 3 heteroatoms. The van der Waals surface area contributed by atoms with Crippen molar-refractivity contribution in [1.29, 1.82) is 0 Å². The number of anilines is 6. The quantitative estimate of drug-likeness (QED) is 0.169. The van der Waals surface area contributed by atoms with Crippen LogP contribution in [0.1, 0.15) is 77.4 Å². The van der Waals surface area contributed by atoms with Crippen LogP contribution in [-0.2, 0) is 10.8 Å².